The summed E-state index contributed by atoms with van der Waals surface area (Å²) in [5, 5.41) is 0. The zero-order valence-corrected chi connectivity index (χ0v) is 18.6. The Labute approximate surface area is 183 Å². The lowest BCUT2D eigenvalue weighted by Crippen LogP contribution is -2.46. The standard InChI is InChI=1S/C25H29N3O3/c1-17-9-10-19(15-18(17)2)22-23(27-13-11-26(3)12-14-27)25(30)28(24(22)29)16-20-7-5-6-8-21(20)31-4/h5-10,15H,11-14,16H2,1-4H3. The molecule has 2 aliphatic heterocycles. The summed E-state index contributed by atoms with van der Waals surface area (Å²) in [5.41, 5.74) is 4.91. The number of methoxy groups -OCH3 is 1. The van der Waals surface area contributed by atoms with E-state index >= 15 is 0 Å². The number of hydrogen-bond donors (Lipinski definition) is 0. The second kappa shape index (κ2) is 8.55. The summed E-state index contributed by atoms with van der Waals surface area (Å²) in [7, 11) is 3.67. The molecular weight excluding hydrogens is 390 g/mol. The summed E-state index contributed by atoms with van der Waals surface area (Å²) in [5.74, 6) is 0.200. The van der Waals surface area contributed by atoms with Crippen LogP contribution in [0.5, 0.6) is 5.75 Å². The first-order valence-electron chi connectivity index (χ1n) is 10.6. The second-order valence-electron chi connectivity index (χ2n) is 8.32. The molecule has 0 aromatic heterocycles. The molecule has 0 saturated carbocycles. The second-order valence-corrected chi connectivity index (χ2v) is 8.32. The van der Waals surface area contributed by atoms with Gasteiger partial charge in [-0.3, -0.25) is 14.5 Å². The Balaban J connectivity index is 1.75. The highest BCUT2D eigenvalue weighted by Gasteiger charge is 2.42. The summed E-state index contributed by atoms with van der Waals surface area (Å²) >= 11 is 0. The van der Waals surface area contributed by atoms with Crippen LogP contribution in [0.2, 0.25) is 0 Å². The number of piperazine rings is 1. The molecule has 2 aromatic carbocycles. The van der Waals surface area contributed by atoms with E-state index in [4.69, 9.17) is 4.74 Å². The van der Waals surface area contributed by atoms with Crippen LogP contribution in [0.3, 0.4) is 0 Å². The van der Waals surface area contributed by atoms with Crippen molar-refractivity contribution in [2.75, 3.05) is 40.3 Å². The normalized spacial score (nSPS) is 17.7. The van der Waals surface area contributed by atoms with E-state index in [0.717, 1.165) is 48.4 Å². The van der Waals surface area contributed by atoms with E-state index in [0.29, 0.717) is 17.0 Å². The minimum atomic E-state index is -0.243. The van der Waals surface area contributed by atoms with Gasteiger partial charge in [0.1, 0.15) is 11.4 Å². The lowest BCUT2D eigenvalue weighted by molar-refractivity contribution is -0.138. The van der Waals surface area contributed by atoms with Gasteiger partial charge in [0.25, 0.3) is 11.8 Å². The van der Waals surface area contributed by atoms with Crippen LogP contribution in [0, 0.1) is 13.8 Å². The summed E-state index contributed by atoms with van der Waals surface area (Å²) in [4.78, 5) is 32.9. The fraction of sp³-hybridized carbons (Fsp3) is 0.360. The molecule has 4 rings (SSSR count). The number of hydrogen-bond acceptors (Lipinski definition) is 5. The van der Waals surface area contributed by atoms with Crippen LogP contribution in [0.4, 0.5) is 0 Å². The molecule has 2 aliphatic rings. The molecule has 0 radical (unpaired) electrons. The van der Waals surface area contributed by atoms with Crippen LogP contribution in [0.15, 0.2) is 48.2 Å². The molecule has 0 atom stereocenters. The van der Waals surface area contributed by atoms with E-state index < -0.39 is 0 Å². The molecule has 2 heterocycles. The third kappa shape index (κ3) is 3.95. The van der Waals surface area contributed by atoms with Gasteiger partial charge in [0.2, 0.25) is 0 Å². The first-order valence-corrected chi connectivity index (χ1v) is 10.6. The van der Waals surface area contributed by atoms with E-state index in [9.17, 15) is 9.59 Å². The topological polar surface area (TPSA) is 53.1 Å². The lowest BCUT2D eigenvalue weighted by Gasteiger charge is -2.34. The van der Waals surface area contributed by atoms with Gasteiger partial charge < -0.3 is 14.5 Å². The van der Waals surface area contributed by atoms with Crippen molar-refractivity contribution in [1.82, 2.24) is 14.7 Å². The van der Waals surface area contributed by atoms with Crippen LogP contribution >= 0.6 is 0 Å². The highest BCUT2D eigenvalue weighted by atomic mass is 16.5. The van der Waals surface area contributed by atoms with Gasteiger partial charge in [-0.25, -0.2) is 0 Å². The van der Waals surface area contributed by atoms with Crippen molar-refractivity contribution < 1.29 is 14.3 Å². The summed E-state index contributed by atoms with van der Waals surface area (Å²) in [6.07, 6.45) is 0. The van der Waals surface area contributed by atoms with Crippen LogP contribution in [-0.4, -0.2) is 66.9 Å². The molecule has 0 bridgehead atoms. The van der Waals surface area contributed by atoms with Gasteiger partial charge in [0, 0.05) is 31.7 Å². The predicted octanol–water partition coefficient (Wildman–Crippen LogP) is 2.84. The van der Waals surface area contributed by atoms with Crippen molar-refractivity contribution in [3.8, 4) is 5.75 Å². The monoisotopic (exact) mass is 419 g/mol. The van der Waals surface area contributed by atoms with E-state index in [1.807, 2.05) is 56.3 Å². The number of imide groups is 1. The number of carbonyl (C=O) groups is 2. The fourth-order valence-corrected chi connectivity index (χ4v) is 4.19. The Bertz CT molecular complexity index is 1050. The predicted molar refractivity (Wildman–Crippen MR) is 120 cm³/mol. The average molecular weight is 420 g/mol. The first kappa shape index (κ1) is 21.1. The van der Waals surface area contributed by atoms with Gasteiger partial charge in [-0.05, 0) is 43.7 Å². The van der Waals surface area contributed by atoms with Crippen LogP contribution in [0.1, 0.15) is 22.3 Å². The largest absolute Gasteiger partial charge is 0.496 e. The Kier molecular flexibility index (Phi) is 5.83. The molecule has 1 fully saturated rings. The number of ether oxygens (including phenoxy) is 1. The van der Waals surface area contributed by atoms with E-state index in [1.54, 1.807) is 7.11 Å². The molecular formula is C25H29N3O3. The molecule has 0 unspecified atom stereocenters. The number of likely N-dealkylation sites (N-methyl/N-ethyl adjacent to an activating group) is 1. The number of nitrogens with zero attached hydrogens (tertiary/aromatic N) is 3. The van der Waals surface area contributed by atoms with Gasteiger partial charge in [0.15, 0.2) is 0 Å². The molecule has 0 spiro atoms. The number of amides is 2. The van der Waals surface area contributed by atoms with Gasteiger partial charge in [-0.1, -0.05) is 36.4 Å². The molecule has 0 aliphatic carbocycles. The zero-order chi connectivity index (χ0) is 22.1. The maximum atomic E-state index is 13.6. The maximum Gasteiger partial charge on any atom is 0.278 e. The quantitative estimate of drug-likeness (QED) is 0.698. The number of para-hydroxylation sites is 1. The number of aryl methyl sites for hydroxylation is 2. The third-order valence-electron chi connectivity index (χ3n) is 6.28. The Hall–Kier alpha value is -3.12. The molecule has 31 heavy (non-hydrogen) atoms. The smallest absolute Gasteiger partial charge is 0.278 e. The minimum Gasteiger partial charge on any atom is -0.496 e. The molecule has 1 saturated heterocycles. The lowest BCUT2D eigenvalue weighted by atomic mass is 9.99. The Morgan fingerprint density at radius 2 is 1.61 bits per heavy atom. The number of rotatable bonds is 5. The van der Waals surface area contributed by atoms with E-state index in [1.165, 1.54) is 4.90 Å². The SMILES string of the molecule is COc1ccccc1CN1C(=O)C(c2ccc(C)c(C)c2)=C(N2CCN(C)CC2)C1=O. The van der Waals surface area contributed by atoms with Crippen molar-refractivity contribution in [2.45, 2.75) is 20.4 Å². The van der Waals surface area contributed by atoms with Crippen LogP contribution in [-0.2, 0) is 16.1 Å². The summed E-state index contributed by atoms with van der Waals surface area (Å²) in [6.45, 7) is 7.43. The molecule has 6 heteroatoms. The van der Waals surface area contributed by atoms with Crippen molar-refractivity contribution >= 4 is 17.4 Å². The van der Waals surface area contributed by atoms with Crippen LogP contribution < -0.4 is 4.74 Å². The van der Waals surface area contributed by atoms with E-state index in [-0.39, 0.29) is 18.4 Å². The molecule has 162 valence electrons. The number of benzene rings is 2. The molecule has 2 amide bonds. The Morgan fingerprint density at radius 1 is 0.903 bits per heavy atom. The molecule has 6 nitrogen and oxygen atoms in total. The van der Waals surface area contributed by atoms with Crippen LogP contribution in [0.25, 0.3) is 5.57 Å². The highest BCUT2D eigenvalue weighted by Crippen LogP contribution is 2.34. The van der Waals surface area contributed by atoms with Gasteiger partial charge in [-0.2, -0.15) is 0 Å². The fourth-order valence-electron chi connectivity index (χ4n) is 4.19. The van der Waals surface area contributed by atoms with Gasteiger partial charge >= 0.3 is 0 Å². The maximum absolute atomic E-state index is 13.6. The Morgan fingerprint density at radius 3 is 2.29 bits per heavy atom. The number of carbonyl (C=O) groups excluding carboxylic acids is 2. The molecule has 2 aromatic rings. The minimum absolute atomic E-state index is 0.188. The molecule has 0 N–H and O–H groups in total. The van der Waals surface area contributed by atoms with E-state index in [2.05, 4.69) is 16.8 Å². The first-order chi connectivity index (χ1) is 14.9. The highest BCUT2D eigenvalue weighted by molar-refractivity contribution is 6.35. The third-order valence-corrected chi connectivity index (χ3v) is 6.28. The van der Waals surface area contributed by atoms with Crippen molar-refractivity contribution in [1.29, 1.82) is 0 Å². The zero-order valence-electron chi connectivity index (χ0n) is 18.6. The average Bonchev–Trinajstić information content (AvgIpc) is 3.01. The van der Waals surface area contributed by atoms with Crippen molar-refractivity contribution in [3.05, 3.63) is 70.4 Å². The summed E-state index contributed by atoms with van der Waals surface area (Å²) in [6, 6.07) is 13.5. The van der Waals surface area contributed by atoms with Gasteiger partial charge in [-0.15, -0.1) is 0 Å². The summed E-state index contributed by atoms with van der Waals surface area (Å²) < 4.78 is 5.44. The van der Waals surface area contributed by atoms with Crippen molar-refractivity contribution in [2.24, 2.45) is 0 Å². The van der Waals surface area contributed by atoms with Gasteiger partial charge in [0.05, 0.1) is 19.2 Å². The van der Waals surface area contributed by atoms with Crippen molar-refractivity contribution in [3.63, 3.8) is 0 Å².